The van der Waals surface area contributed by atoms with Crippen LogP contribution in [-0.4, -0.2) is 0 Å². The van der Waals surface area contributed by atoms with Crippen molar-refractivity contribution in [3.05, 3.63) is 55.0 Å². The maximum Gasteiger partial charge on any atom is 4.00 e. The molecule has 0 nitrogen and oxygen atoms in total. The molecule has 0 heterocycles. The summed E-state index contributed by atoms with van der Waals surface area (Å²) in [5.41, 5.74) is 0. The number of hydrogen-bond acceptors (Lipinski definition) is 0. The van der Waals surface area contributed by atoms with Gasteiger partial charge in [0.15, 0.2) is 0 Å². The second kappa shape index (κ2) is 11.3. The molecule has 1 fully saturated rings. The Morgan fingerprint density at radius 2 is 1.83 bits per heavy atom. The average Bonchev–Trinajstić information content (AvgIpc) is 2.92. The number of halogens is 2. The molecule has 0 spiro atoms. The van der Waals surface area contributed by atoms with Crippen molar-refractivity contribution in [1.29, 1.82) is 0 Å². The number of rotatable bonds is 0. The van der Waals surface area contributed by atoms with Crippen molar-refractivity contribution < 1.29 is 51.0 Å². The Morgan fingerprint density at radius 3 is 2.33 bits per heavy atom. The van der Waals surface area contributed by atoms with Crippen LogP contribution in [0.2, 0.25) is 0 Å². The molecule has 3 aliphatic carbocycles. The van der Waals surface area contributed by atoms with Crippen LogP contribution in [0.15, 0.2) is 42.5 Å². The van der Waals surface area contributed by atoms with Gasteiger partial charge in [0.2, 0.25) is 0 Å². The minimum absolute atomic E-state index is 0. The maximum atomic E-state index is 2.99. The molecule has 0 aromatic carbocycles. The van der Waals surface area contributed by atoms with Gasteiger partial charge in [0, 0.05) is 0 Å². The van der Waals surface area contributed by atoms with Crippen LogP contribution in [-0.2, 0) is 26.2 Å². The summed E-state index contributed by atoms with van der Waals surface area (Å²) >= 11 is 0. The minimum atomic E-state index is 0. The molecule has 0 amide bonds. The zero-order chi connectivity index (χ0) is 10.5. The van der Waals surface area contributed by atoms with E-state index in [0.29, 0.717) is 0 Å². The predicted molar refractivity (Wildman–Crippen MR) is 64.9 cm³/mol. The van der Waals surface area contributed by atoms with Gasteiger partial charge in [-0.25, -0.2) is 12.2 Å². The molecule has 3 atom stereocenters. The summed E-state index contributed by atoms with van der Waals surface area (Å²) in [7, 11) is 0. The summed E-state index contributed by atoms with van der Waals surface area (Å²) in [6.45, 7) is 2.31. The predicted octanol–water partition coefficient (Wildman–Crippen LogP) is -2.10. The zero-order valence-electron chi connectivity index (χ0n) is 10.5. The molecule has 3 aliphatic rings. The summed E-state index contributed by atoms with van der Waals surface area (Å²) < 4.78 is 0. The van der Waals surface area contributed by atoms with Crippen LogP contribution in [0.25, 0.3) is 0 Å². The Labute approximate surface area is 143 Å². The molecular weight excluding hydrogens is 342 g/mol. The molecule has 3 unspecified atom stereocenters. The number of hydrogen-bond donors (Lipinski definition) is 0. The van der Waals surface area contributed by atoms with E-state index in [9.17, 15) is 0 Å². The van der Waals surface area contributed by atoms with Crippen molar-refractivity contribution in [2.24, 2.45) is 17.8 Å². The molecule has 96 valence electrons. The fraction of sp³-hybridized carbons (Fsp3) is 0.400. The minimum Gasteiger partial charge on any atom is -1.00 e. The van der Waals surface area contributed by atoms with Gasteiger partial charge in [-0.05, 0) is 11.8 Å². The molecule has 3 heteroatoms. The Balaban J connectivity index is 0. The van der Waals surface area contributed by atoms with E-state index in [0.717, 1.165) is 24.2 Å². The third kappa shape index (κ3) is 6.04. The second-order valence-corrected chi connectivity index (χ2v) is 4.34. The molecule has 0 aromatic heterocycles. The van der Waals surface area contributed by atoms with Crippen LogP contribution in [0.4, 0.5) is 0 Å². The average molecular weight is 360 g/mol. The van der Waals surface area contributed by atoms with Crippen LogP contribution < -0.4 is 24.8 Å². The van der Waals surface area contributed by atoms with Gasteiger partial charge in [0.1, 0.15) is 0 Å². The molecule has 0 aromatic rings. The van der Waals surface area contributed by atoms with E-state index in [1.54, 1.807) is 0 Å². The second-order valence-electron chi connectivity index (χ2n) is 4.34. The first-order valence-electron chi connectivity index (χ1n) is 5.78. The van der Waals surface area contributed by atoms with Gasteiger partial charge >= 0.3 is 26.2 Å². The third-order valence-electron chi connectivity index (χ3n) is 3.27. The van der Waals surface area contributed by atoms with Crippen molar-refractivity contribution in [3.63, 3.8) is 0 Å². The third-order valence-corrected chi connectivity index (χ3v) is 3.27. The Bertz CT molecular complexity index is 308. The van der Waals surface area contributed by atoms with Gasteiger partial charge in [-0.2, -0.15) is 18.4 Å². The maximum absolute atomic E-state index is 2.99. The monoisotopic (exact) mass is 358 g/mol. The summed E-state index contributed by atoms with van der Waals surface area (Å²) in [5.74, 6) is 2.43. The smallest absolute Gasteiger partial charge is 1.00 e. The van der Waals surface area contributed by atoms with Crippen LogP contribution in [0.3, 0.4) is 0 Å². The first kappa shape index (κ1) is 20.7. The van der Waals surface area contributed by atoms with E-state index in [4.69, 9.17) is 0 Å². The van der Waals surface area contributed by atoms with E-state index >= 15 is 0 Å². The van der Waals surface area contributed by atoms with E-state index in [1.165, 1.54) is 6.42 Å². The Hall–Kier alpha value is 0.423. The van der Waals surface area contributed by atoms with Crippen molar-refractivity contribution >= 4 is 0 Å². The van der Waals surface area contributed by atoms with Gasteiger partial charge in [-0.3, -0.25) is 6.08 Å². The van der Waals surface area contributed by atoms with Crippen molar-refractivity contribution in [1.82, 2.24) is 0 Å². The zero-order valence-corrected chi connectivity index (χ0v) is 14.5. The first-order chi connectivity index (χ1) is 7.38. The molecule has 18 heavy (non-hydrogen) atoms. The molecule has 0 aliphatic heterocycles. The van der Waals surface area contributed by atoms with Crippen LogP contribution in [0, 0.1) is 30.3 Å². The van der Waals surface area contributed by atoms with Crippen molar-refractivity contribution in [2.75, 3.05) is 0 Å². The molecule has 0 radical (unpaired) electrons. The van der Waals surface area contributed by atoms with Gasteiger partial charge in [-0.1, -0.05) is 31.2 Å². The van der Waals surface area contributed by atoms with Crippen LogP contribution in [0.5, 0.6) is 0 Å². The first-order valence-corrected chi connectivity index (χ1v) is 5.78. The fourth-order valence-corrected chi connectivity index (χ4v) is 2.34. The summed E-state index contributed by atoms with van der Waals surface area (Å²) in [6, 6.07) is 0. The number of fused-ring (bicyclic) bond motifs is 1. The quantitative estimate of drug-likeness (QED) is 0.434. The van der Waals surface area contributed by atoms with Gasteiger partial charge in [0.05, 0.1) is 0 Å². The molecule has 3 rings (SSSR count). The summed E-state index contributed by atoms with van der Waals surface area (Å²) in [5, 5.41) is 0. The molecule has 1 saturated carbocycles. The molecular formula is C15H18Cl2Zr. The molecule has 0 saturated heterocycles. The standard InChI is InChI=1S/C10H13.C5H5.2ClH.Zr/c1-8-6-7-9-4-2-3-5-10(8)9;1-2-4-5-3-1;;;/h2-6,8-10H,7H2,1H3;1-3H,4H2;2*1H;/q2*-1;;;+4/p-2. The van der Waals surface area contributed by atoms with E-state index < -0.39 is 0 Å². The van der Waals surface area contributed by atoms with E-state index in [-0.39, 0.29) is 51.0 Å². The SMILES string of the molecule is CC1[CH-]CC2C=CC=CC12.[C-]1=CC=CC1.[Cl-].[Cl-].[Zr+4]. The molecule has 0 bridgehead atoms. The van der Waals surface area contributed by atoms with Gasteiger partial charge < -0.3 is 31.2 Å². The van der Waals surface area contributed by atoms with Gasteiger partial charge in [0.25, 0.3) is 0 Å². The Kier molecular flexibility index (Phi) is 13.0. The van der Waals surface area contributed by atoms with Crippen LogP contribution >= 0.6 is 0 Å². The van der Waals surface area contributed by atoms with E-state index in [2.05, 4.69) is 49.8 Å². The van der Waals surface area contributed by atoms with E-state index in [1.807, 2.05) is 12.2 Å². The number of allylic oxidation sites excluding steroid dienone is 8. The van der Waals surface area contributed by atoms with Crippen molar-refractivity contribution in [3.8, 4) is 0 Å². The van der Waals surface area contributed by atoms with Crippen molar-refractivity contribution in [2.45, 2.75) is 19.8 Å². The summed E-state index contributed by atoms with van der Waals surface area (Å²) in [6.07, 6.45) is 22.8. The van der Waals surface area contributed by atoms with Gasteiger partial charge in [-0.15, -0.1) is 6.42 Å². The summed E-state index contributed by atoms with van der Waals surface area (Å²) in [4.78, 5) is 0. The normalized spacial score (nSPS) is 29.3. The largest absolute Gasteiger partial charge is 4.00 e. The van der Waals surface area contributed by atoms with Crippen LogP contribution in [0.1, 0.15) is 19.8 Å². The fourth-order valence-electron chi connectivity index (χ4n) is 2.34. The topological polar surface area (TPSA) is 0 Å². The molecule has 0 N–H and O–H groups in total. The Morgan fingerprint density at radius 1 is 1.11 bits per heavy atom.